The van der Waals surface area contributed by atoms with Crippen molar-refractivity contribution < 1.29 is 32.2 Å². The van der Waals surface area contributed by atoms with Gasteiger partial charge in [0.2, 0.25) is 0 Å². The van der Waals surface area contributed by atoms with Crippen LogP contribution in [-0.2, 0) is 16.1 Å². The number of halogens is 3. The Hall–Kier alpha value is -4.06. The summed E-state index contributed by atoms with van der Waals surface area (Å²) in [6, 6.07) is 8.24. The summed E-state index contributed by atoms with van der Waals surface area (Å²) < 4.78 is 51.9. The Labute approximate surface area is 205 Å². The number of hydrogen-bond acceptors (Lipinski definition) is 7. The Morgan fingerprint density at radius 1 is 1.19 bits per heavy atom. The smallest absolute Gasteiger partial charge is 0.272 e. The Morgan fingerprint density at radius 3 is 2.50 bits per heavy atom. The van der Waals surface area contributed by atoms with Crippen LogP contribution in [0.3, 0.4) is 0 Å². The second-order valence-electron chi connectivity index (χ2n) is 8.04. The van der Waals surface area contributed by atoms with E-state index in [0.29, 0.717) is 5.56 Å². The van der Waals surface area contributed by atoms with Gasteiger partial charge in [0, 0.05) is 18.5 Å². The van der Waals surface area contributed by atoms with Crippen molar-refractivity contribution in [3.8, 4) is 5.75 Å². The first kappa shape index (κ1) is 26.5. The lowest BCUT2D eigenvalue weighted by atomic mass is 9.99. The second kappa shape index (κ2) is 11.1. The number of hydrogen-bond donors (Lipinski definition) is 5. The molecule has 0 bridgehead atoms. The Kier molecular flexibility index (Phi) is 8.20. The highest BCUT2D eigenvalue weighted by molar-refractivity contribution is 6.26. The van der Waals surface area contributed by atoms with E-state index in [9.17, 15) is 22.8 Å². The predicted molar refractivity (Wildman–Crippen MR) is 125 cm³/mol. The lowest BCUT2D eigenvalue weighted by Crippen LogP contribution is -2.53. The van der Waals surface area contributed by atoms with E-state index in [1.807, 2.05) is 0 Å². The summed E-state index contributed by atoms with van der Waals surface area (Å²) in [5.74, 6) is -5.56. The quantitative estimate of drug-likeness (QED) is 0.259. The minimum absolute atomic E-state index is 0.0315. The van der Waals surface area contributed by atoms with Crippen LogP contribution in [0, 0.1) is 11.2 Å². The molecule has 7 N–H and O–H groups in total. The van der Waals surface area contributed by atoms with Crippen LogP contribution < -0.4 is 26.8 Å². The minimum atomic E-state index is -3.12. The highest BCUT2D eigenvalue weighted by Crippen LogP contribution is 2.27. The van der Waals surface area contributed by atoms with Crippen molar-refractivity contribution in [2.45, 2.75) is 24.9 Å². The van der Waals surface area contributed by atoms with Crippen molar-refractivity contribution >= 4 is 17.5 Å². The third-order valence-electron chi connectivity index (χ3n) is 5.57. The Balaban J connectivity index is 1.71. The molecular weight excluding hydrogens is 479 g/mol. The van der Waals surface area contributed by atoms with Crippen molar-refractivity contribution in [1.29, 1.82) is 5.41 Å². The van der Waals surface area contributed by atoms with Crippen LogP contribution in [0.15, 0.2) is 53.9 Å². The fraction of sp³-hybridized carbons (Fsp3) is 0.292. The molecule has 9 nitrogen and oxygen atoms in total. The predicted octanol–water partition coefficient (Wildman–Crippen LogP) is 1.80. The van der Waals surface area contributed by atoms with E-state index in [2.05, 4.69) is 10.6 Å². The van der Waals surface area contributed by atoms with Gasteiger partial charge in [-0.25, -0.2) is 13.2 Å². The third-order valence-corrected chi connectivity index (χ3v) is 5.57. The molecule has 2 aromatic carbocycles. The molecule has 1 fully saturated rings. The zero-order valence-corrected chi connectivity index (χ0v) is 19.4. The molecular formula is C24H26F3N5O4. The lowest BCUT2D eigenvalue weighted by Gasteiger charge is -2.32. The summed E-state index contributed by atoms with van der Waals surface area (Å²) >= 11 is 0. The van der Waals surface area contributed by atoms with Gasteiger partial charge in [-0.3, -0.25) is 15.0 Å². The van der Waals surface area contributed by atoms with E-state index in [0.717, 1.165) is 6.07 Å². The van der Waals surface area contributed by atoms with Gasteiger partial charge >= 0.3 is 0 Å². The fourth-order valence-electron chi connectivity index (χ4n) is 3.57. The van der Waals surface area contributed by atoms with E-state index in [1.165, 1.54) is 31.4 Å². The van der Waals surface area contributed by atoms with Crippen LogP contribution in [0.2, 0.25) is 0 Å². The first-order valence-corrected chi connectivity index (χ1v) is 10.8. The zero-order chi connectivity index (χ0) is 26.5. The van der Waals surface area contributed by atoms with Crippen molar-refractivity contribution in [1.82, 2.24) is 10.6 Å². The molecule has 1 aliphatic heterocycles. The molecule has 1 unspecified atom stereocenters. The number of benzene rings is 2. The van der Waals surface area contributed by atoms with Gasteiger partial charge in [0.05, 0.1) is 31.6 Å². The molecule has 0 aliphatic carbocycles. The molecule has 12 heteroatoms. The van der Waals surface area contributed by atoms with Gasteiger partial charge in [-0.1, -0.05) is 24.3 Å². The summed E-state index contributed by atoms with van der Waals surface area (Å²) in [4.78, 5) is 24.5. The number of methoxy groups -OCH3 is 1. The highest BCUT2D eigenvalue weighted by atomic mass is 19.3. The van der Waals surface area contributed by atoms with E-state index < -0.39 is 47.4 Å². The topological polar surface area (TPSA) is 153 Å². The molecule has 0 aromatic heterocycles. The first-order valence-electron chi connectivity index (χ1n) is 10.8. The molecule has 1 atom stereocenters. The molecule has 2 amide bonds. The molecule has 1 heterocycles. The normalized spacial score (nSPS) is 17.5. The summed E-state index contributed by atoms with van der Waals surface area (Å²) in [6.07, 6.45) is -0.509. The van der Waals surface area contributed by atoms with Crippen molar-refractivity contribution in [2.24, 2.45) is 11.5 Å². The lowest BCUT2D eigenvalue weighted by molar-refractivity contribution is -0.118. The van der Waals surface area contributed by atoms with E-state index in [4.69, 9.17) is 26.4 Å². The molecule has 0 saturated carbocycles. The number of alkyl halides is 2. The molecule has 1 saturated heterocycles. The number of amides is 2. The van der Waals surface area contributed by atoms with Crippen LogP contribution in [0.1, 0.15) is 27.9 Å². The first-order chi connectivity index (χ1) is 17.0. The minimum Gasteiger partial charge on any atom is -0.496 e. The molecule has 36 heavy (non-hydrogen) atoms. The monoisotopic (exact) mass is 505 g/mol. The highest BCUT2D eigenvalue weighted by Gasteiger charge is 2.43. The summed E-state index contributed by atoms with van der Waals surface area (Å²) in [5, 5.41) is 13.4. The molecule has 0 radical (unpaired) electrons. The molecule has 3 rings (SSSR count). The van der Waals surface area contributed by atoms with Crippen molar-refractivity contribution in [3.05, 3.63) is 76.4 Å². The van der Waals surface area contributed by atoms with Gasteiger partial charge in [0.15, 0.2) is 0 Å². The van der Waals surface area contributed by atoms with E-state index >= 15 is 0 Å². The maximum Gasteiger partial charge on any atom is 0.272 e. The van der Waals surface area contributed by atoms with Gasteiger partial charge in [-0.2, -0.15) is 0 Å². The second-order valence-corrected chi connectivity index (χ2v) is 8.04. The van der Waals surface area contributed by atoms with Crippen LogP contribution in [0.4, 0.5) is 13.2 Å². The third kappa shape index (κ3) is 6.13. The van der Waals surface area contributed by atoms with Crippen LogP contribution in [-0.4, -0.2) is 49.8 Å². The van der Waals surface area contributed by atoms with E-state index in [1.54, 1.807) is 12.1 Å². The van der Waals surface area contributed by atoms with Gasteiger partial charge < -0.3 is 31.6 Å². The van der Waals surface area contributed by atoms with Gasteiger partial charge in [0.1, 0.15) is 29.0 Å². The van der Waals surface area contributed by atoms with Crippen molar-refractivity contribution in [2.75, 3.05) is 20.3 Å². The molecule has 192 valence electrons. The standard InChI is InChI=1S/C24H26F3N5O4/c1-35-17-7-6-15(25)10-16(17)23(34)31-11-13-2-4-14(5-3-13)20(28)19(22(30)33)21(29)32-18-12-36-9-8-24(18,26)27/h2-7,10,18,28,32H,8-9,11-12,29H2,1H3,(H2,30,33)(H,31,34)/b21-19+,28-20?. The SMILES string of the molecule is COc1ccc(F)cc1C(=O)NCc1ccc(C(=N)/C(C(N)=O)=C(/N)NC2COCCC2(F)F)cc1. The maximum atomic E-state index is 14.1. The Bertz CT molecular complexity index is 1180. The zero-order valence-electron chi connectivity index (χ0n) is 19.4. The molecule has 2 aromatic rings. The van der Waals surface area contributed by atoms with Crippen LogP contribution in [0.25, 0.3) is 0 Å². The summed E-state index contributed by atoms with van der Waals surface area (Å²) in [6.45, 7) is -0.351. The largest absolute Gasteiger partial charge is 0.496 e. The average Bonchev–Trinajstić information content (AvgIpc) is 2.84. The van der Waals surface area contributed by atoms with Gasteiger partial charge in [-0.15, -0.1) is 0 Å². The number of nitrogens with two attached hydrogens (primary N) is 2. The maximum absolute atomic E-state index is 14.1. The number of carbonyl (C=O) groups excluding carboxylic acids is 2. The summed E-state index contributed by atoms with van der Waals surface area (Å²) in [7, 11) is 1.36. The number of rotatable bonds is 9. The fourth-order valence-corrected chi connectivity index (χ4v) is 3.57. The van der Waals surface area contributed by atoms with Crippen LogP contribution >= 0.6 is 0 Å². The Morgan fingerprint density at radius 2 is 1.89 bits per heavy atom. The molecule has 1 aliphatic rings. The van der Waals surface area contributed by atoms with Gasteiger partial charge in [-0.05, 0) is 23.8 Å². The number of carbonyl (C=O) groups is 2. The van der Waals surface area contributed by atoms with E-state index in [-0.39, 0.29) is 42.3 Å². The number of primary amides is 1. The van der Waals surface area contributed by atoms with Crippen LogP contribution in [0.5, 0.6) is 5.75 Å². The van der Waals surface area contributed by atoms with Gasteiger partial charge in [0.25, 0.3) is 17.7 Å². The van der Waals surface area contributed by atoms with Crippen molar-refractivity contribution in [3.63, 3.8) is 0 Å². The average molecular weight is 505 g/mol. The number of nitrogens with one attached hydrogen (secondary N) is 3. The summed E-state index contributed by atoms with van der Waals surface area (Å²) in [5.41, 5.74) is 11.3. The number of ether oxygens (including phenoxy) is 2. The molecule has 0 spiro atoms.